The lowest BCUT2D eigenvalue weighted by molar-refractivity contribution is -0.116. The standard InChI is InChI=1S/C14H14N6O3S/c1-22-11-2-4-12(5-3-11)23-8-10-6-20(19-17-10)7-13(21)16-14-18-15-9-24-14/h2-6,9H,7-8H2,1H3,(H,16,18,21). The van der Waals surface area contributed by atoms with Crippen molar-refractivity contribution in [3.63, 3.8) is 0 Å². The van der Waals surface area contributed by atoms with Crippen LogP contribution in [0.2, 0.25) is 0 Å². The molecule has 0 aliphatic heterocycles. The Morgan fingerprint density at radius 1 is 1.25 bits per heavy atom. The van der Waals surface area contributed by atoms with E-state index in [0.29, 0.717) is 16.6 Å². The van der Waals surface area contributed by atoms with E-state index >= 15 is 0 Å². The first-order chi connectivity index (χ1) is 11.7. The molecule has 3 aromatic rings. The molecule has 124 valence electrons. The molecule has 1 N–H and O–H groups in total. The van der Waals surface area contributed by atoms with Crippen molar-refractivity contribution >= 4 is 22.4 Å². The molecule has 0 saturated carbocycles. The van der Waals surface area contributed by atoms with Gasteiger partial charge in [-0.2, -0.15) is 0 Å². The summed E-state index contributed by atoms with van der Waals surface area (Å²) in [7, 11) is 1.61. The number of hydrogen-bond acceptors (Lipinski definition) is 8. The first-order valence-corrected chi connectivity index (χ1v) is 7.83. The number of nitrogens with zero attached hydrogens (tertiary/aromatic N) is 5. The minimum atomic E-state index is -0.251. The number of carbonyl (C=O) groups excluding carboxylic acids is 1. The summed E-state index contributed by atoms with van der Waals surface area (Å²) in [5, 5.41) is 18.3. The van der Waals surface area contributed by atoms with Crippen molar-refractivity contribution in [2.45, 2.75) is 13.2 Å². The Kier molecular flexibility index (Phi) is 4.96. The molecule has 0 fully saturated rings. The fourth-order valence-corrected chi connectivity index (χ4v) is 2.31. The summed E-state index contributed by atoms with van der Waals surface area (Å²) >= 11 is 1.25. The molecule has 0 aliphatic carbocycles. The van der Waals surface area contributed by atoms with Crippen LogP contribution in [0.3, 0.4) is 0 Å². The van der Waals surface area contributed by atoms with Gasteiger partial charge in [0.05, 0.1) is 13.3 Å². The smallest absolute Gasteiger partial charge is 0.247 e. The highest BCUT2D eigenvalue weighted by atomic mass is 32.1. The molecule has 0 unspecified atom stereocenters. The lowest BCUT2D eigenvalue weighted by atomic mass is 10.3. The molecule has 2 heterocycles. The predicted molar refractivity (Wildman–Crippen MR) is 85.9 cm³/mol. The predicted octanol–water partition coefficient (Wildman–Crippen LogP) is 1.36. The Bertz CT molecular complexity index is 787. The average molecular weight is 346 g/mol. The van der Waals surface area contributed by atoms with Crippen LogP contribution in [0.1, 0.15) is 5.69 Å². The number of rotatable bonds is 7. The fourth-order valence-electron chi connectivity index (χ4n) is 1.84. The summed E-state index contributed by atoms with van der Waals surface area (Å²) in [4.78, 5) is 11.8. The molecule has 1 amide bonds. The van der Waals surface area contributed by atoms with Gasteiger partial charge in [0.15, 0.2) is 0 Å². The Morgan fingerprint density at radius 2 is 2.04 bits per heavy atom. The summed E-state index contributed by atoms with van der Waals surface area (Å²) in [6.07, 6.45) is 1.66. The molecule has 2 aromatic heterocycles. The largest absolute Gasteiger partial charge is 0.497 e. The van der Waals surface area contributed by atoms with Crippen LogP contribution in [0, 0.1) is 0 Å². The number of hydrogen-bond donors (Lipinski definition) is 1. The van der Waals surface area contributed by atoms with E-state index in [-0.39, 0.29) is 19.1 Å². The third kappa shape index (κ3) is 4.26. The third-order valence-electron chi connectivity index (χ3n) is 2.94. The van der Waals surface area contributed by atoms with Crippen molar-refractivity contribution in [2.75, 3.05) is 12.4 Å². The van der Waals surface area contributed by atoms with Crippen molar-refractivity contribution in [3.05, 3.63) is 41.7 Å². The maximum absolute atomic E-state index is 11.8. The number of benzene rings is 1. The normalized spacial score (nSPS) is 10.4. The van der Waals surface area contributed by atoms with Gasteiger partial charge in [-0.05, 0) is 24.3 Å². The Labute approximate surface area is 141 Å². The van der Waals surface area contributed by atoms with E-state index < -0.39 is 0 Å². The monoisotopic (exact) mass is 346 g/mol. The van der Waals surface area contributed by atoms with Gasteiger partial charge >= 0.3 is 0 Å². The molecule has 9 nitrogen and oxygen atoms in total. The van der Waals surface area contributed by atoms with Crippen LogP contribution < -0.4 is 14.8 Å². The minimum absolute atomic E-state index is 0.0368. The molecule has 0 aliphatic rings. The highest BCUT2D eigenvalue weighted by molar-refractivity contribution is 7.13. The van der Waals surface area contributed by atoms with Gasteiger partial charge in [-0.15, -0.1) is 15.3 Å². The molecule has 0 radical (unpaired) electrons. The lowest BCUT2D eigenvalue weighted by Crippen LogP contribution is -2.19. The summed E-state index contributed by atoms with van der Waals surface area (Å²) in [5.74, 6) is 1.20. The molecule has 1 aromatic carbocycles. The molecule has 0 bridgehead atoms. The molecular formula is C14H14N6O3S. The first-order valence-electron chi connectivity index (χ1n) is 6.95. The van der Waals surface area contributed by atoms with Crippen LogP contribution in [-0.4, -0.2) is 38.2 Å². The fraction of sp³-hybridized carbons (Fsp3) is 0.214. The summed E-state index contributed by atoms with van der Waals surface area (Å²) < 4.78 is 12.1. The van der Waals surface area contributed by atoms with Crippen molar-refractivity contribution in [1.29, 1.82) is 0 Å². The van der Waals surface area contributed by atoms with Crippen LogP contribution in [0.5, 0.6) is 11.5 Å². The summed E-state index contributed by atoms with van der Waals surface area (Å²) in [5.41, 5.74) is 2.16. The van der Waals surface area contributed by atoms with Gasteiger partial charge in [0.1, 0.15) is 35.9 Å². The van der Waals surface area contributed by atoms with Crippen molar-refractivity contribution < 1.29 is 14.3 Å². The van der Waals surface area contributed by atoms with Gasteiger partial charge in [0.25, 0.3) is 0 Å². The van der Waals surface area contributed by atoms with Crippen molar-refractivity contribution in [1.82, 2.24) is 25.2 Å². The second kappa shape index (κ2) is 7.51. The highest BCUT2D eigenvalue weighted by Gasteiger charge is 2.08. The Hall–Kier alpha value is -3.01. The van der Waals surface area contributed by atoms with Gasteiger partial charge < -0.3 is 9.47 Å². The summed E-state index contributed by atoms with van der Waals surface area (Å²) in [6.45, 7) is 0.291. The van der Waals surface area contributed by atoms with E-state index in [1.807, 2.05) is 12.1 Å². The van der Waals surface area contributed by atoms with Gasteiger partial charge in [-0.1, -0.05) is 16.6 Å². The molecule has 3 rings (SSSR count). The maximum Gasteiger partial charge on any atom is 0.247 e. The number of aromatic nitrogens is 5. The lowest BCUT2D eigenvalue weighted by Gasteiger charge is -2.04. The van der Waals surface area contributed by atoms with Crippen LogP contribution >= 0.6 is 11.3 Å². The zero-order valence-corrected chi connectivity index (χ0v) is 13.6. The van der Waals surface area contributed by atoms with E-state index in [2.05, 4.69) is 25.8 Å². The number of anilines is 1. The van der Waals surface area contributed by atoms with Crippen molar-refractivity contribution in [2.24, 2.45) is 0 Å². The average Bonchev–Trinajstić information content (AvgIpc) is 3.25. The van der Waals surface area contributed by atoms with Crippen LogP contribution in [0.4, 0.5) is 5.13 Å². The maximum atomic E-state index is 11.8. The first kappa shape index (κ1) is 15.9. The van der Waals surface area contributed by atoms with E-state index in [1.54, 1.807) is 30.9 Å². The number of ether oxygens (including phenoxy) is 2. The zero-order chi connectivity index (χ0) is 16.8. The molecule has 10 heteroatoms. The Balaban J connectivity index is 1.50. The quantitative estimate of drug-likeness (QED) is 0.688. The second-order valence-corrected chi connectivity index (χ2v) is 5.50. The number of amides is 1. The van der Waals surface area contributed by atoms with E-state index in [4.69, 9.17) is 9.47 Å². The number of nitrogens with one attached hydrogen (secondary N) is 1. The Morgan fingerprint density at radius 3 is 2.75 bits per heavy atom. The van der Waals surface area contributed by atoms with Crippen LogP contribution in [-0.2, 0) is 17.9 Å². The van der Waals surface area contributed by atoms with Crippen LogP contribution in [0.25, 0.3) is 0 Å². The van der Waals surface area contributed by atoms with E-state index in [1.165, 1.54) is 16.0 Å². The zero-order valence-electron chi connectivity index (χ0n) is 12.7. The number of methoxy groups -OCH3 is 1. The van der Waals surface area contributed by atoms with Crippen LogP contribution in [0.15, 0.2) is 36.0 Å². The van der Waals surface area contributed by atoms with E-state index in [9.17, 15) is 4.79 Å². The van der Waals surface area contributed by atoms with E-state index in [0.717, 1.165) is 5.75 Å². The molecule has 24 heavy (non-hydrogen) atoms. The SMILES string of the molecule is COc1ccc(OCc2cn(CC(=O)Nc3nncs3)nn2)cc1. The highest BCUT2D eigenvalue weighted by Crippen LogP contribution is 2.17. The molecule has 0 saturated heterocycles. The molecule has 0 spiro atoms. The molecular weight excluding hydrogens is 332 g/mol. The third-order valence-corrected chi connectivity index (χ3v) is 3.55. The second-order valence-electron chi connectivity index (χ2n) is 4.66. The van der Waals surface area contributed by atoms with Crippen molar-refractivity contribution in [3.8, 4) is 11.5 Å². The van der Waals surface area contributed by atoms with Gasteiger partial charge in [-0.25, -0.2) is 4.68 Å². The topological polar surface area (TPSA) is 104 Å². The molecule has 0 atom stereocenters. The summed E-state index contributed by atoms with van der Waals surface area (Å²) in [6, 6.07) is 7.23. The van der Waals surface area contributed by atoms with Gasteiger partial charge in [-0.3, -0.25) is 10.1 Å². The van der Waals surface area contributed by atoms with Gasteiger partial charge in [0.2, 0.25) is 11.0 Å². The number of carbonyl (C=O) groups is 1. The minimum Gasteiger partial charge on any atom is -0.497 e. The van der Waals surface area contributed by atoms with Gasteiger partial charge in [0, 0.05) is 0 Å².